The summed E-state index contributed by atoms with van der Waals surface area (Å²) in [6.07, 6.45) is 0.894. The molecule has 0 radical (unpaired) electrons. The highest BCUT2D eigenvalue weighted by molar-refractivity contribution is 8.16. The topological polar surface area (TPSA) is 130 Å². The molecule has 1 unspecified atom stereocenters. The number of aryl methyl sites for hydroxylation is 1. The van der Waals surface area contributed by atoms with E-state index in [4.69, 9.17) is 9.47 Å². The Hall–Kier alpha value is -2.10. The zero-order chi connectivity index (χ0) is 26.3. The summed E-state index contributed by atoms with van der Waals surface area (Å²) in [6, 6.07) is 5.98. The molecule has 0 bridgehead atoms. The predicted molar refractivity (Wildman–Crippen MR) is 134 cm³/mol. The van der Waals surface area contributed by atoms with Gasteiger partial charge in [0.1, 0.15) is 0 Å². The van der Waals surface area contributed by atoms with E-state index in [1.54, 1.807) is 0 Å². The number of carbonyl (C=O) groups is 3. The second-order valence-electron chi connectivity index (χ2n) is 11.0. The molecule has 0 aromatic heterocycles. The average Bonchev–Trinajstić information content (AvgIpc) is 2.91. The molecule has 2 saturated heterocycles. The van der Waals surface area contributed by atoms with Gasteiger partial charge in [-0.25, -0.2) is 10.9 Å². The third-order valence-corrected chi connectivity index (χ3v) is 10.6. The molecule has 2 fully saturated rings. The molecular weight excluding hydrogens is 472 g/mol. The lowest BCUT2D eigenvalue weighted by Crippen LogP contribution is -2.41. The molecule has 9 heteroatoms. The summed E-state index contributed by atoms with van der Waals surface area (Å²) in [5.74, 6) is -3.83. The molecule has 5 atom stereocenters. The van der Waals surface area contributed by atoms with Gasteiger partial charge in [-0.2, -0.15) is 0 Å². The lowest BCUT2D eigenvalue weighted by Gasteiger charge is -2.48. The van der Waals surface area contributed by atoms with Crippen molar-refractivity contribution in [2.45, 2.75) is 76.6 Å². The van der Waals surface area contributed by atoms with Gasteiger partial charge in [-0.3, -0.25) is 14.4 Å². The van der Waals surface area contributed by atoms with E-state index in [2.05, 4.69) is 6.26 Å². The Morgan fingerprint density at radius 3 is 1.94 bits per heavy atom. The molecule has 3 N–H and O–H groups in total. The van der Waals surface area contributed by atoms with E-state index in [9.17, 15) is 29.7 Å². The van der Waals surface area contributed by atoms with Gasteiger partial charge >= 0.3 is 17.9 Å². The monoisotopic (exact) mass is 510 g/mol. The first-order valence-corrected chi connectivity index (χ1v) is 14.0. The summed E-state index contributed by atoms with van der Waals surface area (Å²) >= 11 is 0. The van der Waals surface area contributed by atoms with Gasteiger partial charge in [-0.05, 0) is 81.6 Å². The van der Waals surface area contributed by atoms with Crippen molar-refractivity contribution in [2.24, 2.45) is 17.8 Å². The van der Waals surface area contributed by atoms with Crippen molar-refractivity contribution in [1.29, 1.82) is 0 Å². The molecule has 0 saturated carbocycles. The maximum Gasteiger partial charge on any atom is 0.303 e. The minimum Gasteiger partial charge on any atom is -0.481 e. The van der Waals surface area contributed by atoms with Crippen molar-refractivity contribution < 1.29 is 39.2 Å². The van der Waals surface area contributed by atoms with Gasteiger partial charge in [0.2, 0.25) is 0 Å². The molecule has 196 valence electrons. The van der Waals surface area contributed by atoms with E-state index < -0.39 is 58.1 Å². The first kappa shape index (κ1) is 27.5. The number of hydrogen-bond acceptors (Lipinski definition) is 5. The van der Waals surface area contributed by atoms with Crippen LogP contribution in [0, 0.1) is 24.7 Å². The van der Waals surface area contributed by atoms with E-state index in [-0.39, 0.29) is 30.4 Å². The average molecular weight is 511 g/mol. The van der Waals surface area contributed by atoms with E-state index in [1.807, 2.05) is 52.8 Å². The molecule has 3 rings (SSSR count). The smallest absolute Gasteiger partial charge is 0.303 e. The summed E-state index contributed by atoms with van der Waals surface area (Å²) in [5, 5.41) is 28.6. The lowest BCUT2D eigenvalue weighted by molar-refractivity contribution is -0.144. The zero-order valence-electron chi connectivity index (χ0n) is 21.3. The molecule has 2 aliphatic rings. The Labute approximate surface area is 209 Å². The molecule has 0 aliphatic carbocycles. The van der Waals surface area contributed by atoms with Gasteiger partial charge in [-0.15, -0.1) is 0 Å². The van der Waals surface area contributed by atoms with E-state index in [0.29, 0.717) is 5.75 Å². The van der Waals surface area contributed by atoms with E-state index in [1.165, 1.54) is 0 Å². The predicted octanol–water partition coefficient (Wildman–Crippen LogP) is 4.56. The number of benzene rings is 1. The molecule has 2 aliphatic heterocycles. The molecular formula is C26H38O8S. The minimum atomic E-state index is -1.04. The molecule has 2 heterocycles. The van der Waals surface area contributed by atoms with Gasteiger partial charge in [0.05, 0.1) is 11.2 Å². The second-order valence-corrected chi connectivity index (χ2v) is 13.4. The van der Waals surface area contributed by atoms with Crippen LogP contribution >= 0.6 is 10.9 Å². The summed E-state index contributed by atoms with van der Waals surface area (Å²) in [5.41, 5.74) is 1.78. The molecule has 1 aromatic carbocycles. The first-order valence-electron chi connectivity index (χ1n) is 11.9. The number of thiol groups is 1. The van der Waals surface area contributed by atoms with Crippen molar-refractivity contribution in [3.63, 3.8) is 0 Å². The highest BCUT2D eigenvalue weighted by atomic mass is 32.2. The van der Waals surface area contributed by atoms with Crippen LogP contribution < -0.4 is 0 Å². The summed E-state index contributed by atoms with van der Waals surface area (Å²) in [7, 11) is -0.796. The van der Waals surface area contributed by atoms with Crippen molar-refractivity contribution in [3.05, 3.63) is 34.9 Å². The fourth-order valence-corrected chi connectivity index (χ4v) is 8.54. The van der Waals surface area contributed by atoms with Gasteiger partial charge in [0.15, 0.2) is 6.29 Å². The maximum atomic E-state index is 11.9. The van der Waals surface area contributed by atoms with Gasteiger partial charge in [0, 0.05) is 30.1 Å². The Morgan fingerprint density at radius 2 is 1.43 bits per heavy atom. The molecule has 35 heavy (non-hydrogen) atoms. The fourth-order valence-electron chi connectivity index (χ4n) is 5.52. The Morgan fingerprint density at radius 1 is 0.914 bits per heavy atom. The Balaban J connectivity index is 2.04. The second kappa shape index (κ2) is 10.1. The zero-order valence-corrected chi connectivity index (χ0v) is 22.2. The van der Waals surface area contributed by atoms with Crippen LogP contribution in [0.3, 0.4) is 0 Å². The number of hydrogen-bond donors (Lipinski definition) is 4. The van der Waals surface area contributed by atoms with Crippen LogP contribution in [0.2, 0.25) is 0 Å². The summed E-state index contributed by atoms with van der Waals surface area (Å²) in [4.78, 5) is 35.2. The van der Waals surface area contributed by atoms with Gasteiger partial charge < -0.3 is 24.8 Å². The standard InChI is InChI=1S/C26H38O8S/c1-14-7-8-15(9-17(14)24-33-25(2,3)26(4,5)34-24)23-19(12-22(31)32)18(11-21(29)30)16(10-20(27)28)13-35(23)6/h7-9,16,18-19,23-24,35H,10-13H2,1-6H3,(H,27,28)(H,29,30)(H,31,32)/t16-,18-,19+,23-/m1/s1. The Kier molecular flexibility index (Phi) is 7.94. The number of rotatable bonds is 8. The van der Waals surface area contributed by atoms with Crippen LogP contribution in [-0.2, 0) is 23.9 Å². The quantitative estimate of drug-likeness (QED) is 0.375. The highest BCUT2D eigenvalue weighted by Gasteiger charge is 2.50. The number of carboxylic acid groups (broad SMARTS) is 3. The Bertz CT molecular complexity index is 972. The third kappa shape index (κ3) is 5.84. The molecule has 0 spiro atoms. The minimum absolute atomic E-state index is 0.152. The normalized spacial score (nSPS) is 31.2. The first-order chi connectivity index (χ1) is 16.1. The van der Waals surface area contributed by atoms with Crippen LogP contribution in [0.1, 0.15) is 75.2 Å². The van der Waals surface area contributed by atoms with Crippen LogP contribution in [0.25, 0.3) is 0 Å². The van der Waals surface area contributed by atoms with Gasteiger partial charge in [0.25, 0.3) is 0 Å². The summed E-state index contributed by atoms with van der Waals surface area (Å²) in [6.45, 7) is 9.92. The molecule has 8 nitrogen and oxygen atoms in total. The number of carboxylic acids is 3. The summed E-state index contributed by atoms with van der Waals surface area (Å²) < 4.78 is 12.5. The highest BCUT2D eigenvalue weighted by Crippen LogP contribution is 2.58. The van der Waals surface area contributed by atoms with Crippen LogP contribution in [-0.4, -0.2) is 56.4 Å². The van der Waals surface area contributed by atoms with Crippen molar-refractivity contribution in [1.82, 2.24) is 0 Å². The lowest BCUT2D eigenvalue weighted by atomic mass is 9.73. The maximum absolute atomic E-state index is 11.9. The largest absolute Gasteiger partial charge is 0.481 e. The van der Waals surface area contributed by atoms with Crippen molar-refractivity contribution in [3.8, 4) is 0 Å². The van der Waals surface area contributed by atoms with Crippen LogP contribution in [0.15, 0.2) is 18.2 Å². The van der Waals surface area contributed by atoms with E-state index in [0.717, 1.165) is 16.7 Å². The SMILES string of the molecule is Cc1ccc([C@@H]2[C@@H](CC(=O)O)[C@H](CC(=O)O)[C@H](CC(=O)O)C[SH]2C)cc1C1OC(C)(C)C(C)(C)O1. The van der Waals surface area contributed by atoms with E-state index >= 15 is 0 Å². The fraction of sp³-hybridized carbons (Fsp3) is 0.654. The van der Waals surface area contributed by atoms with Crippen molar-refractivity contribution >= 4 is 28.8 Å². The van der Waals surface area contributed by atoms with Gasteiger partial charge in [-0.1, -0.05) is 12.1 Å². The third-order valence-electron chi connectivity index (χ3n) is 7.97. The molecule has 1 aromatic rings. The van der Waals surface area contributed by atoms with Crippen LogP contribution in [0.5, 0.6) is 0 Å². The number of ether oxygens (including phenoxy) is 2. The van der Waals surface area contributed by atoms with Crippen molar-refractivity contribution in [2.75, 3.05) is 12.0 Å². The number of aliphatic carboxylic acids is 3. The van der Waals surface area contributed by atoms with Crippen LogP contribution in [0.4, 0.5) is 0 Å². The molecule has 0 amide bonds.